The van der Waals surface area contributed by atoms with E-state index in [4.69, 9.17) is 45.8 Å². The Balaban J connectivity index is 5.55. The molecule has 0 aliphatic heterocycles. The van der Waals surface area contributed by atoms with Crippen LogP contribution in [0.4, 0.5) is 0 Å². The average molecular weight is 385 g/mol. The standard InChI is InChI=1S/C10H20Cl2O7P2/c1-5-15-20(13,16-6-2)10(9(11)12)19-21(14,17-7-3)18-8-4/h5-8H2,1-4H3. The molecule has 0 rings (SSSR count). The Labute approximate surface area is 135 Å². The molecule has 0 fully saturated rings. The van der Waals surface area contributed by atoms with Crippen molar-refractivity contribution in [3.63, 3.8) is 0 Å². The van der Waals surface area contributed by atoms with Gasteiger partial charge >= 0.3 is 15.4 Å². The minimum absolute atomic E-state index is 0.0397. The summed E-state index contributed by atoms with van der Waals surface area (Å²) in [6, 6.07) is 0. The molecule has 0 aromatic rings. The maximum absolute atomic E-state index is 12.6. The zero-order chi connectivity index (χ0) is 16.5. The third kappa shape index (κ3) is 7.02. The van der Waals surface area contributed by atoms with E-state index in [1.54, 1.807) is 27.7 Å². The number of rotatable bonds is 11. The van der Waals surface area contributed by atoms with Crippen LogP contribution in [-0.4, -0.2) is 26.4 Å². The highest BCUT2D eigenvalue weighted by Crippen LogP contribution is 2.65. The lowest BCUT2D eigenvalue weighted by Gasteiger charge is -2.23. The zero-order valence-electron chi connectivity index (χ0n) is 12.3. The van der Waals surface area contributed by atoms with Crippen molar-refractivity contribution < 1.29 is 31.7 Å². The molecule has 0 N–H and O–H groups in total. The summed E-state index contributed by atoms with van der Waals surface area (Å²) in [5, 5.41) is 0. The number of phosphoric acid groups is 1. The van der Waals surface area contributed by atoms with E-state index in [1.165, 1.54) is 0 Å². The fourth-order valence-corrected chi connectivity index (χ4v) is 5.01. The highest BCUT2D eigenvalue weighted by Gasteiger charge is 2.41. The maximum atomic E-state index is 12.6. The van der Waals surface area contributed by atoms with Gasteiger partial charge in [-0.05, 0) is 27.7 Å². The Bertz CT molecular complexity index is 417. The summed E-state index contributed by atoms with van der Waals surface area (Å²) < 4.78 is 49.4. The molecule has 21 heavy (non-hydrogen) atoms. The van der Waals surface area contributed by atoms with Crippen LogP contribution in [0.5, 0.6) is 0 Å². The summed E-state index contributed by atoms with van der Waals surface area (Å²) in [6.45, 7) is 6.52. The molecule has 0 aliphatic rings. The van der Waals surface area contributed by atoms with Gasteiger partial charge in [0.2, 0.25) is 5.50 Å². The van der Waals surface area contributed by atoms with Crippen LogP contribution >= 0.6 is 38.6 Å². The molecule has 11 heteroatoms. The van der Waals surface area contributed by atoms with Crippen LogP contribution in [0, 0.1) is 0 Å². The first-order chi connectivity index (χ1) is 9.78. The quantitative estimate of drug-likeness (QED) is 0.364. The molecule has 7 nitrogen and oxygen atoms in total. The Morgan fingerprint density at radius 3 is 1.48 bits per heavy atom. The lowest BCUT2D eigenvalue weighted by atomic mass is 10.9. The predicted molar refractivity (Wildman–Crippen MR) is 81.5 cm³/mol. The summed E-state index contributed by atoms with van der Waals surface area (Å²) in [5.41, 5.74) is -0.597. The lowest BCUT2D eigenvalue weighted by Crippen LogP contribution is -2.05. The van der Waals surface area contributed by atoms with Crippen molar-refractivity contribution in [2.24, 2.45) is 0 Å². The number of halogens is 2. The van der Waals surface area contributed by atoms with E-state index in [-0.39, 0.29) is 26.4 Å². The first-order valence-corrected chi connectivity index (χ1v) is 10.1. The number of phosphoric ester groups is 1. The van der Waals surface area contributed by atoms with E-state index in [2.05, 4.69) is 0 Å². The smallest absolute Gasteiger partial charge is 0.393 e. The molecule has 0 aromatic carbocycles. The van der Waals surface area contributed by atoms with Gasteiger partial charge in [0.1, 0.15) is 0 Å². The third-order valence-electron chi connectivity index (χ3n) is 1.78. The largest absolute Gasteiger partial charge is 0.530 e. The van der Waals surface area contributed by atoms with Crippen LogP contribution in [0.25, 0.3) is 0 Å². The summed E-state index contributed by atoms with van der Waals surface area (Å²) in [4.78, 5) is 0. The molecular formula is C10H20Cl2O7P2. The fraction of sp³-hybridized carbons (Fsp3) is 0.800. The number of hydrogen-bond donors (Lipinski definition) is 0. The minimum atomic E-state index is -4.03. The van der Waals surface area contributed by atoms with Crippen LogP contribution < -0.4 is 0 Å². The van der Waals surface area contributed by atoms with Crippen LogP contribution in [0.3, 0.4) is 0 Å². The van der Waals surface area contributed by atoms with E-state index < -0.39 is 25.4 Å². The van der Waals surface area contributed by atoms with Gasteiger partial charge in [0.25, 0.3) is 0 Å². The summed E-state index contributed by atoms with van der Waals surface area (Å²) in [5.74, 6) is 0. The molecular weight excluding hydrogens is 365 g/mol. The Kier molecular flexibility index (Phi) is 10.4. The van der Waals surface area contributed by atoms with E-state index >= 15 is 0 Å². The second-order valence-electron chi connectivity index (χ2n) is 3.27. The molecule has 0 heterocycles. The number of hydrogen-bond acceptors (Lipinski definition) is 7. The van der Waals surface area contributed by atoms with Crippen molar-refractivity contribution in [1.82, 2.24) is 0 Å². The van der Waals surface area contributed by atoms with Crippen molar-refractivity contribution in [2.75, 3.05) is 26.4 Å². The molecule has 0 aliphatic carbocycles. The summed E-state index contributed by atoms with van der Waals surface area (Å²) in [6.07, 6.45) is 0. The normalized spacial score (nSPS) is 12.3. The molecule has 0 spiro atoms. The molecule has 0 saturated carbocycles. The van der Waals surface area contributed by atoms with E-state index in [1.807, 2.05) is 0 Å². The SMILES string of the molecule is CCOP(=O)(OCC)OC(=C(Cl)Cl)P(=O)(OCC)OCC. The predicted octanol–water partition coefficient (Wildman–Crippen LogP) is 5.05. The first-order valence-electron chi connectivity index (χ1n) is 6.32. The highest BCUT2D eigenvalue weighted by molar-refractivity contribution is 7.59. The molecule has 0 atom stereocenters. The van der Waals surface area contributed by atoms with Crippen molar-refractivity contribution >= 4 is 38.6 Å². The van der Waals surface area contributed by atoms with Gasteiger partial charge in [-0.15, -0.1) is 0 Å². The Morgan fingerprint density at radius 2 is 1.19 bits per heavy atom. The van der Waals surface area contributed by atoms with Gasteiger partial charge in [-0.3, -0.25) is 13.6 Å². The molecule has 0 saturated heterocycles. The Hall–Kier alpha value is 0.420. The zero-order valence-corrected chi connectivity index (χ0v) is 15.6. The van der Waals surface area contributed by atoms with Crippen molar-refractivity contribution in [3.05, 3.63) is 9.99 Å². The lowest BCUT2D eigenvalue weighted by molar-refractivity contribution is 0.141. The van der Waals surface area contributed by atoms with Gasteiger partial charge in [-0.1, -0.05) is 23.2 Å². The van der Waals surface area contributed by atoms with Gasteiger partial charge in [0, 0.05) is 0 Å². The van der Waals surface area contributed by atoms with Gasteiger partial charge < -0.3 is 13.6 Å². The topological polar surface area (TPSA) is 80.3 Å². The molecule has 0 bridgehead atoms. The monoisotopic (exact) mass is 384 g/mol. The molecule has 0 aromatic heterocycles. The first kappa shape index (κ1) is 21.4. The summed E-state index contributed by atoms with van der Waals surface area (Å²) in [7, 11) is -8.00. The second kappa shape index (κ2) is 10.2. The third-order valence-corrected chi connectivity index (χ3v) is 6.10. The van der Waals surface area contributed by atoms with Gasteiger partial charge in [-0.2, -0.15) is 0 Å². The van der Waals surface area contributed by atoms with Gasteiger partial charge in [0.05, 0.1) is 26.4 Å². The van der Waals surface area contributed by atoms with Crippen molar-refractivity contribution in [2.45, 2.75) is 27.7 Å². The Morgan fingerprint density at radius 1 is 0.810 bits per heavy atom. The van der Waals surface area contributed by atoms with Crippen LogP contribution in [0.15, 0.2) is 9.99 Å². The van der Waals surface area contributed by atoms with Crippen molar-refractivity contribution in [1.29, 1.82) is 0 Å². The van der Waals surface area contributed by atoms with E-state index in [9.17, 15) is 9.13 Å². The fourth-order valence-electron chi connectivity index (χ4n) is 1.19. The molecule has 0 amide bonds. The second-order valence-corrected chi connectivity index (χ2v) is 7.73. The van der Waals surface area contributed by atoms with Crippen molar-refractivity contribution in [3.8, 4) is 0 Å². The van der Waals surface area contributed by atoms with Crippen LogP contribution in [0.1, 0.15) is 27.7 Å². The van der Waals surface area contributed by atoms with Crippen LogP contribution in [-0.2, 0) is 31.7 Å². The molecule has 126 valence electrons. The maximum Gasteiger partial charge on any atom is 0.530 e. The average Bonchev–Trinajstić information content (AvgIpc) is 2.37. The van der Waals surface area contributed by atoms with Gasteiger partial charge in [-0.25, -0.2) is 4.57 Å². The van der Waals surface area contributed by atoms with Gasteiger partial charge in [0.15, 0.2) is 4.49 Å². The summed E-state index contributed by atoms with van der Waals surface area (Å²) >= 11 is 11.3. The van der Waals surface area contributed by atoms with E-state index in [0.29, 0.717) is 0 Å². The molecule has 0 unspecified atom stereocenters. The molecule has 0 radical (unpaired) electrons. The minimum Gasteiger partial charge on any atom is -0.393 e. The van der Waals surface area contributed by atoms with Crippen LogP contribution in [0.2, 0.25) is 0 Å². The highest BCUT2D eigenvalue weighted by atomic mass is 35.5. The van der Waals surface area contributed by atoms with E-state index in [0.717, 1.165) is 0 Å².